The van der Waals surface area contributed by atoms with E-state index in [1.165, 1.54) is 12.1 Å². The largest absolute Gasteiger partial charge is 0.477 e. The predicted molar refractivity (Wildman–Crippen MR) is 68.5 cm³/mol. The molecule has 6 nitrogen and oxygen atoms in total. The van der Waals surface area contributed by atoms with Crippen LogP contribution >= 0.6 is 11.3 Å². The first-order valence-corrected chi connectivity index (χ1v) is 9.49. The normalized spacial score (nSPS) is 12.5. The predicted octanol–water partition coefficient (Wildman–Crippen LogP) is 0.406. The van der Waals surface area contributed by atoms with E-state index in [0.717, 1.165) is 17.6 Å². The lowest BCUT2D eigenvalue weighted by Crippen LogP contribution is -2.17. The lowest BCUT2D eigenvalue weighted by molar-refractivity contribution is 0.0702. The van der Waals surface area contributed by atoms with E-state index in [1.807, 2.05) is 0 Å². The van der Waals surface area contributed by atoms with Crippen LogP contribution in [0.3, 0.4) is 0 Å². The van der Waals surface area contributed by atoms with Gasteiger partial charge in [-0.3, -0.25) is 0 Å². The van der Waals surface area contributed by atoms with Crippen molar-refractivity contribution in [2.24, 2.45) is 0 Å². The van der Waals surface area contributed by atoms with Crippen LogP contribution in [0, 0.1) is 0 Å². The van der Waals surface area contributed by atoms with Crippen molar-refractivity contribution >= 4 is 37.0 Å². The van der Waals surface area contributed by atoms with Gasteiger partial charge in [0, 0.05) is 11.1 Å². The van der Waals surface area contributed by atoms with Crippen molar-refractivity contribution in [3.63, 3.8) is 0 Å². The first kappa shape index (κ1) is 15.1. The Kier molecular flexibility index (Phi) is 4.51. The van der Waals surface area contributed by atoms with Gasteiger partial charge in [-0.25, -0.2) is 21.6 Å². The lowest BCUT2D eigenvalue weighted by Gasteiger charge is -2.01. The number of carboxylic acid groups (broad SMARTS) is 1. The van der Waals surface area contributed by atoms with Gasteiger partial charge in [-0.1, -0.05) is 0 Å². The Morgan fingerprint density at radius 1 is 1.22 bits per heavy atom. The summed E-state index contributed by atoms with van der Waals surface area (Å²) in [4.78, 5) is 11.1. The number of aromatic carboxylic acids is 1. The van der Waals surface area contributed by atoms with Crippen LogP contribution in [0.2, 0.25) is 0 Å². The molecular weight excluding hydrogens is 300 g/mol. The average molecular weight is 312 g/mol. The topological polar surface area (TPSA) is 106 Å². The highest BCUT2D eigenvalue weighted by molar-refractivity contribution is 7.94. The highest BCUT2D eigenvalue weighted by Gasteiger charge is 2.17. The molecule has 0 atom stereocenters. The van der Waals surface area contributed by atoms with Crippen LogP contribution in [0.4, 0.5) is 0 Å². The summed E-state index contributed by atoms with van der Waals surface area (Å²) in [6.07, 6.45) is 0.968. The average Bonchev–Trinajstić information content (AvgIpc) is 2.62. The van der Waals surface area contributed by atoms with Gasteiger partial charge < -0.3 is 5.11 Å². The summed E-state index contributed by atoms with van der Waals surface area (Å²) in [7, 11) is -6.87. The molecule has 18 heavy (non-hydrogen) atoms. The van der Waals surface area contributed by atoms with Crippen LogP contribution in [0.25, 0.3) is 0 Å². The molecule has 0 aliphatic heterocycles. The minimum absolute atomic E-state index is 0.0586. The van der Waals surface area contributed by atoms with E-state index >= 15 is 0 Å². The first-order chi connectivity index (χ1) is 8.09. The van der Waals surface area contributed by atoms with Gasteiger partial charge in [-0.05, 0) is 12.1 Å². The maximum Gasteiger partial charge on any atom is 0.345 e. The van der Waals surface area contributed by atoms with E-state index in [2.05, 4.69) is 0 Å². The molecule has 0 fully saturated rings. The molecule has 1 aromatic heterocycles. The third-order valence-corrected chi connectivity index (χ3v) is 6.04. The fraction of sp³-hybridized carbons (Fsp3) is 0.444. The second-order valence-electron chi connectivity index (χ2n) is 3.79. The summed E-state index contributed by atoms with van der Waals surface area (Å²) < 4.78 is 45.0. The molecule has 9 heteroatoms. The Bertz CT molecular complexity index is 638. The van der Waals surface area contributed by atoms with Gasteiger partial charge in [-0.2, -0.15) is 0 Å². The van der Waals surface area contributed by atoms with Gasteiger partial charge in [0.05, 0.1) is 17.3 Å². The number of hydrogen-bond acceptors (Lipinski definition) is 6. The summed E-state index contributed by atoms with van der Waals surface area (Å²) in [6.45, 7) is 0. The number of rotatable bonds is 6. The zero-order valence-corrected chi connectivity index (χ0v) is 11.9. The monoisotopic (exact) mass is 312 g/mol. The van der Waals surface area contributed by atoms with Crippen molar-refractivity contribution < 1.29 is 26.7 Å². The standard InChI is InChI=1S/C9H12O6S3/c1-17(12,13)4-5-18(14,15)6-7-2-3-8(16-7)9(10)11/h2-3H,4-6H2,1H3,(H,10,11). The van der Waals surface area contributed by atoms with E-state index in [4.69, 9.17) is 5.11 Å². The van der Waals surface area contributed by atoms with Gasteiger partial charge in [-0.15, -0.1) is 11.3 Å². The minimum Gasteiger partial charge on any atom is -0.477 e. The van der Waals surface area contributed by atoms with Gasteiger partial charge >= 0.3 is 5.97 Å². The van der Waals surface area contributed by atoms with Gasteiger partial charge in [0.15, 0.2) is 9.84 Å². The van der Waals surface area contributed by atoms with Crippen molar-refractivity contribution in [1.29, 1.82) is 0 Å². The Morgan fingerprint density at radius 2 is 1.83 bits per heavy atom. The van der Waals surface area contributed by atoms with Crippen molar-refractivity contribution in [3.05, 3.63) is 21.9 Å². The molecule has 0 saturated heterocycles. The van der Waals surface area contributed by atoms with Crippen molar-refractivity contribution in [3.8, 4) is 0 Å². The third kappa shape index (κ3) is 5.15. The first-order valence-electron chi connectivity index (χ1n) is 4.79. The number of sulfone groups is 2. The molecule has 0 aromatic carbocycles. The summed E-state index contributed by atoms with van der Waals surface area (Å²) in [6, 6.07) is 2.75. The lowest BCUT2D eigenvalue weighted by atomic mass is 10.4. The van der Waals surface area contributed by atoms with Crippen LogP contribution in [-0.4, -0.2) is 45.7 Å². The highest BCUT2D eigenvalue weighted by atomic mass is 32.2. The van der Waals surface area contributed by atoms with Gasteiger partial charge in [0.2, 0.25) is 0 Å². The summed E-state index contributed by atoms with van der Waals surface area (Å²) in [5, 5.41) is 8.69. The molecule has 0 unspecified atom stereocenters. The number of carboxylic acids is 1. The molecule has 0 spiro atoms. The molecule has 0 bridgehead atoms. The molecule has 0 amide bonds. The fourth-order valence-electron chi connectivity index (χ4n) is 1.14. The Labute approximate surface area is 109 Å². The maximum absolute atomic E-state index is 11.6. The van der Waals surface area contributed by atoms with Crippen LogP contribution in [0.5, 0.6) is 0 Å². The Morgan fingerprint density at radius 3 is 2.28 bits per heavy atom. The second-order valence-corrected chi connectivity index (χ2v) is 9.41. The maximum atomic E-state index is 11.6. The van der Waals surface area contributed by atoms with E-state index in [9.17, 15) is 21.6 Å². The second kappa shape index (κ2) is 5.37. The zero-order chi connectivity index (χ0) is 14.0. The molecule has 0 radical (unpaired) electrons. The van der Waals surface area contributed by atoms with Gasteiger partial charge in [0.25, 0.3) is 0 Å². The van der Waals surface area contributed by atoms with E-state index in [-0.39, 0.29) is 10.6 Å². The molecular formula is C9H12O6S3. The Hall–Kier alpha value is -0.930. The fourth-order valence-corrected chi connectivity index (χ4v) is 5.45. The van der Waals surface area contributed by atoms with Crippen molar-refractivity contribution in [2.75, 3.05) is 17.8 Å². The third-order valence-electron chi connectivity index (χ3n) is 2.00. The SMILES string of the molecule is CS(=O)(=O)CCS(=O)(=O)Cc1ccc(C(=O)O)s1. The summed E-state index contributed by atoms with van der Waals surface area (Å²) in [5.41, 5.74) is 0. The molecule has 1 heterocycles. The molecule has 0 aliphatic carbocycles. The molecule has 0 aliphatic rings. The smallest absolute Gasteiger partial charge is 0.345 e. The Balaban J connectivity index is 2.73. The number of hydrogen-bond donors (Lipinski definition) is 1. The van der Waals surface area contributed by atoms with Crippen LogP contribution in [-0.2, 0) is 25.4 Å². The zero-order valence-electron chi connectivity index (χ0n) is 9.49. The van der Waals surface area contributed by atoms with Crippen LogP contribution < -0.4 is 0 Å². The minimum atomic E-state index is -3.54. The molecule has 1 N–H and O–H groups in total. The van der Waals surface area contributed by atoms with Gasteiger partial charge in [0.1, 0.15) is 14.7 Å². The highest BCUT2D eigenvalue weighted by Crippen LogP contribution is 2.19. The summed E-state index contributed by atoms with van der Waals surface area (Å²) in [5.74, 6) is -2.32. The summed E-state index contributed by atoms with van der Waals surface area (Å²) >= 11 is 0.873. The van der Waals surface area contributed by atoms with Crippen LogP contribution in [0.1, 0.15) is 14.5 Å². The van der Waals surface area contributed by atoms with Crippen molar-refractivity contribution in [2.45, 2.75) is 5.75 Å². The van der Waals surface area contributed by atoms with E-state index < -0.39 is 37.1 Å². The quantitative estimate of drug-likeness (QED) is 0.815. The van der Waals surface area contributed by atoms with E-state index in [0.29, 0.717) is 4.88 Å². The molecule has 1 rings (SSSR count). The van der Waals surface area contributed by atoms with Crippen LogP contribution in [0.15, 0.2) is 12.1 Å². The molecule has 1 aromatic rings. The van der Waals surface area contributed by atoms with Crippen molar-refractivity contribution in [1.82, 2.24) is 0 Å². The molecule has 102 valence electrons. The number of thiophene rings is 1. The molecule has 0 saturated carbocycles. The number of carbonyl (C=O) groups is 1. The van der Waals surface area contributed by atoms with E-state index in [1.54, 1.807) is 0 Å².